The lowest BCUT2D eigenvalue weighted by Gasteiger charge is -2.15. The maximum Gasteiger partial charge on any atom is 0.314 e. The van der Waals surface area contributed by atoms with Gasteiger partial charge in [0.2, 0.25) is 0 Å². The second kappa shape index (κ2) is 5.65. The van der Waals surface area contributed by atoms with Crippen LogP contribution in [0.1, 0.15) is 18.5 Å². The molecular formula is C13H11N5O4S. The van der Waals surface area contributed by atoms with Crippen LogP contribution in [0.15, 0.2) is 33.3 Å². The molecule has 0 aliphatic heterocycles. The average molecular weight is 333 g/mol. The van der Waals surface area contributed by atoms with Gasteiger partial charge in [-0.2, -0.15) is 0 Å². The lowest BCUT2D eigenvalue weighted by Crippen LogP contribution is -2.29. The minimum atomic E-state index is -0.857. The third-order valence-corrected chi connectivity index (χ3v) is 4.00. The highest BCUT2D eigenvalue weighted by atomic mass is 32.1. The van der Waals surface area contributed by atoms with Crippen LogP contribution in [0.5, 0.6) is 0 Å². The molecule has 0 bridgehead atoms. The first-order chi connectivity index (χ1) is 11.0. The number of hydrogen-bond donors (Lipinski definition) is 3. The summed E-state index contributed by atoms with van der Waals surface area (Å²) in [5, 5.41) is 16.6. The zero-order chi connectivity index (χ0) is 16.6. The number of nitro benzene ring substituents is 1. The summed E-state index contributed by atoms with van der Waals surface area (Å²) in [6.07, 6.45) is 1.63. The molecule has 2 heterocycles. The second-order valence-electron chi connectivity index (χ2n) is 4.83. The molecule has 0 radical (unpaired) electrons. The van der Waals surface area contributed by atoms with Crippen LogP contribution in [-0.2, 0) is 0 Å². The van der Waals surface area contributed by atoms with E-state index in [4.69, 9.17) is 0 Å². The summed E-state index contributed by atoms with van der Waals surface area (Å²) >= 11 is 1.38. The molecule has 1 unspecified atom stereocenters. The van der Waals surface area contributed by atoms with Crippen LogP contribution in [0, 0.1) is 10.1 Å². The maximum absolute atomic E-state index is 11.6. The first kappa shape index (κ1) is 14.9. The topological polar surface area (TPSA) is 134 Å². The van der Waals surface area contributed by atoms with Gasteiger partial charge in [-0.15, -0.1) is 11.3 Å². The largest absolute Gasteiger partial charge is 0.355 e. The molecule has 0 aliphatic rings. The van der Waals surface area contributed by atoms with E-state index < -0.39 is 16.0 Å². The van der Waals surface area contributed by atoms with E-state index in [1.165, 1.54) is 23.5 Å². The first-order valence-electron chi connectivity index (χ1n) is 6.56. The number of fused-ring (bicyclic) bond motifs is 1. The molecule has 1 aromatic carbocycles. The van der Waals surface area contributed by atoms with E-state index in [-0.39, 0.29) is 17.2 Å². The summed E-state index contributed by atoms with van der Waals surface area (Å²) in [7, 11) is 0. The molecule has 0 saturated carbocycles. The Morgan fingerprint density at radius 1 is 1.30 bits per heavy atom. The van der Waals surface area contributed by atoms with Crippen LogP contribution in [0.25, 0.3) is 11.0 Å². The fourth-order valence-corrected chi connectivity index (χ4v) is 2.86. The maximum atomic E-state index is 11.6. The van der Waals surface area contributed by atoms with E-state index in [1.807, 2.05) is 0 Å². The van der Waals surface area contributed by atoms with Crippen molar-refractivity contribution in [2.75, 3.05) is 5.32 Å². The molecule has 0 aliphatic carbocycles. The van der Waals surface area contributed by atoms with Gasteiger partial charge in [0.1, 0.15) is 0 Å². The molecule has 3 aromatic rings. The molecule has 10 heteroatoms. The van der Waals surface area contributed by atoms with Crippen LogP contribution in [-0.4, -0.2) is 19.9 Å². The fourth-order valence-electron chi connectivity index (χ4n) is 2.24. The van der Waals surface area contributed by atoms with Crippen molar-refractivity contribution in [1.82, 2.24) is 15.0 Å². The fraction of sp³-hybridized carbons (Fsp3) is 0.154. The highest BCUT2D eigenvalue weighted by Gasteiger charge is 2.18. The third kappa shape index (κ3) is 2.83. The third-order valence-electron chi connectivity index (χ3n) is 3.30. The summed E-state index contributed by atoms with van der Waals surface area (Å²) in [6.45, 7) is 1.78. The van der Waals surface area contributed by atoms with Crippen molar-refractivity contribution in [3.05, 3.63) is 60.1 Å². The van der Waals surface area contributed by atoms with Crippen molar-refractivity contribution in [3.63, 3.8) is 0 Å². The number of non-ortho nitro benzene ring substituents is 1. The molecule has 3 rings (SSSR count). The van der Waals surface area contributed by atoms with E-state index in [1.54, 1.807) is 18.5 Å². The Bertz CT molecular complexity index is 992. The van der Waals surface area contributed by atoms with Crippen molar-refractivity contribution in [1.29, 1.82) is 0 Å². The minimum Gasteiger partial charge on any atom is -0.355 e. The summed E-state index contributed by atoms with van der Waals surface area (Å²) in [6, 6.07) is 2.21. The normalized spacial score (nSPS) is 12.2. The van der Waals surface area contributed by atoms with Gasteiger partial charge in [-0.05, 0) is 6.92 Å². The Kier molecular flexibility index (Phi) is 3.66. The van der Waals surface area contributed by atoms with Gasteiger partial charge in [-0.3, -0.25) is 19.7 Å². The highest BCUT2D eigenvalue weighted by molar-refractivity contribution is 7.13. The summed E-state index contributed by atoms with van der Waals surface area (Å²) in [5.74, 6) is 0. The quantitative estimate of drug-likeness (QED) is 0.378. The Labute approximate surface area is 132 Å². The van der Waals surface area contributed by atoms with Crippen LogP contribution < -0.4 is 16.4 Å². The van der Waals surface area contributed by atoms with Crippen molar-refractivity contribution >= 4 is 33.2 Å². The number of aromatic amines is 2. The SMILES string of the molecule is CC(Nc1nccs1)c1cc([N+](=O)[O-])cc2[nH]c(=O)c(=O)[nH]c12. The standard InChI is InChI=1S/C13H11N5O4S/c1-6(15-13-14-2-3-23-13)8-4-7(18(21)22)5-9-10(8)17-12(20)11(19)16-9/h2-6H,1H3,(H,14,15)(H,16,19)(H,17,20). The number of anilines is 1. The van der Waals surface area contributed by atoms with Crippen LogP contribution in [0.3, 0.4) is 0 Å². The van der Waals surface area contributed by atoms with Gasteiger partial charge in [0.25, 0.3) is 5.69 Å². The number of H-pyrrole nitrogens is 2. The molecule has 3 N–H and O–H groups in total. The van der Waals surface area contributed by atoms with Crippen molar-refractivity contribution in [2.45, 2.75) is 13.0 Å². The highest BCUT2D eigenvalue weighted by Crippen LogP contribution is 2.28. The summed E-state index contributed by atoms with van der Waals surface area (Å²) in [4.78, 5) is 42.5. The van der Waals surface area contributed by atoms with Crippen LogP contribution in [0.4, 0.5) is 10.8 Å². The van der Waals surface area contributed by atoms with E-state index >= 15 is 0 Å². The lowest BCUT2D eigenvalue weighted by atomic mass is 10.1. The molecule has 0 fully saturated rings. The van der Waals surface area contributed by atoms with E-state index in [2.05, 4.69) is 20.3 Å². The van der Waals surface area contributed by atoms with Crippen LogP contribution >= 0.6 is 11.3 Å². The molecule has 118 valence electrons. The molecule has 1 atom stereocenters. The number of aromatic nitrogens is 3. The van der Waals surface area contributed by atoms with Crippen molar-refractivity contribution in [2.24, 2.45) is 0 Å². The summed E-state index contributed by atoms with van der Waals surface area (Å²) < 4.78 is 0. The smallest absolute Gasteiger partial charge is 0.314 e. The Morgan fingerprint density at radius 3 is 2.70 bits per heavy atom. The monoisotopic (exact) mass is 333 g/mol. The predicted molar refractivity (Wildman–Crippen MR) is 86.0 cm³/mol. The Morgan fingerprint density at radius 2 is 2.04 bits per heavy atom. The minimum absolute atomic E-state index is 0.178. The number of hydrogen-bond acceptors (Lipinski definition) is 7. The van der Waals surface area contributed by atoms with E-state index in [0.29, 0.717) is 16.2 Å². The molecule has 0 saturated heterocycles. The Balaban J connectivity index is 2.20. The van der Waals surface area contributed by atoms with Gasteiger partial charge in [-0.25, -0.2) is 4.98 Å². The van der Waals surface area contributed by atoms with Crippen molar-refractivity contribution < 1.29 is 4.92 Å². The van der Waals surface area contributed by atoms with Crippen molar-refractivity contribution in [3.8, 4) is 0 Å². The number of benzene rings is 1. The molecule has 0 amide bonds. The molecule has 2 aromatic heterocycles. The first-order valence-corrected chi connectivity index (χ1v) is 7.44. The van der Waals surface area contributed by atoms with E-state index in [0.717, 1.165) is 0 Å². The van der Waals surface area contributed by atoms with Crippen LogP contribution in [0.2, 0.25) is 0 Å². The van der Waals surface area contributed by atoms with Gasteiger partial charge >= 0.3 is 11.1 Å². The molecule has 0 spiro atoms. The van der Waals surface area contributed by atoms with Gasteiger partial charge < -0.3 is 15.3 Å². The number of nitrogens with one attached hydrogen (secondary N) is 3. The lowest BCUT2D eigenvalue weighted by molar-refractivity contribution is -0.384. The molecule has 23 heavy (non-hydrogen) atoms. The van der Waals surface area contributed by atoms with Gasteiger partial charge in [0, 0.05) is 29.3 Å². The number of nitro groups is 1. The number of nitrogens with zero attached hydrogens (tertiary/aromatic N) is 2. The van der Waals surface area contributed by atoms with Gasteiger partial charge in [0.15, 0.2) is 5.13 Å². The number of rotatable bonds is 4. The average Bonchev–Trinajstić information content (AvgIpc) is 3.00. The molecular weight excluding hydrogens is 322 g/mol. The van der Waals surface area contributed by atoms with E-state index in [9.17, 15) is 19.7 Å². The summed E-state index contributed by atoms with van der Waals surface area (Å²) in [5.41, 5.74) is -0.817. The second-order valence-corrected chi connectivity index (χ2v) is 5.72. The zero-order valence-corrected chi connectivity index (χ0v) is 12.6. The number of thiazole rings is 1. The van der Waals surface area contributed by atoms with Gasteiger partial charge in [0.05, 0.1) is 22.0 Å². The Hall–Kier alpha value is -3.01. The van der Waals surface area contributed by atoms with Gasteiger partial charge in [-0.1, -0.05) is 0 Å². The predicted octanol–water partition coefficient (Wildman–Crippen LogP) is 1.75. The zero-order valence-electron chi connectivity index (χ0n) is 11.8. The molecule has 9 nitrogen and oxygen atoms in total.